The predicted molar refractivity (Wildman–Crippen MR) is 139 cm³/mol. The van der Waals surface area contributed by atoms with Gasteiger partial charge in [-0.3, -0.25) is 19.4 Å². The molecule has 2 N–H and O–H groups in total. The lowest BCUT2D eigenvalue weighted by atomic mass is 9.81. The predicted octanol–water partition coefficient (Wildman–Crippen LogP) is 3.05. The zero-order chi connectivity index (χ0) is 27.3. The SMILES string of the molecule is CCOC(=O)C(=O)c1c[nH]c2ccc(C3=NC4C(=O)C(=O)C(c5[nH]c(C)c(OCC)c5C)=C3C4OC)cc12. The molecule has 2 bridgehead atoms. The number of aromatic amines is 2. The van der Waals surface area contributed by atoms with Gasteiger partial charge in [-0.25, -0.2) is 4.79 Å². The van der Waals surface area contributed by atoms with E-state index in [0.717, 1.165) is 5.69 Å². The molecule has 1 aromatic carbocycles. The van der Waals surface area contributed by atoms with Crippen LogP contribution >= 0.6 is 0 Å². The summed E-state index contributed by atoms with van der Waals surface area (Å²) in [4.78, 5) is 62.3. The first kappa shape index (κ1) is 25.3. The third-order valence-corrected chi connectivity index (χ3v) is 6.91. The molecule has 5 rings (SSSR count). The summed E-state index contributed by atoms with van der Waals surface area (Å²) < 4.78 is 16.4. The molecule has 0 saturated carbocycles. The van der Waals surface area contributed by atoms with Gasteiger partial charge in [-0.2, -0.15) is 0 Å². The van der Waals surface area contributed by atoms with Crippen molar-refractivity contribution in [2.45, 2.75) is 39.8 Å². The molecule has 0 radical (unpaired) electrons. The summed E-state index contributed by atoms with van der Waals surface area (Å²) in [5.74, 6) is -2.40. The number of aromatic nitrogens is 2. The maximum absolute atomic E-state index is 13.4. The number of allylic oxidation sites excluding steroid dienone is 1. The highest BCUT2D eigenvalue weighted by Gasteiger charge is 2.50. The minimum atomic E-state index is -1.01. The van der Waals surface area contributed by atoms with Crippen LogP contribution in [0.15, 0.2) is 35.0 Å². The second-order valence-corrected chi connectivity index (χ2v) is 9.09. The lowest BCUT2D eigenvalue weighted by Crippen LogP contribution is -2.42. The largest absolute Gasteiger partial charge is 0.492 e. The number of benzene rings is 1. The van der Waals surface area contributed by atoms with Crippen LogP contribution in [-0.2, 0) is 23.9 Å². The average Bonchev–Trinajstić information content (AvgIpc) is 3.56. The molecule has 2 unspecified atom stereocenters. The fourth-order valence-electron chi connectivity index (χ4n) is 5.24. The Labute approximate surface area is 218 Å². The van der Waals surface area contributed by atoms with Gasteiger partial charge in [0.1, 0.15) is 17.9 Å². The maximum atomic E-state index is 13.4. The number of hydrogen-bond donors (Lipinski definition) is 2. The monoisotopic (exact) mass is 517 g/mol. The summed E-state index contributed by atoms with van der Waals surface area (Å²) in [5, 5.41) is 0.490. The molecule has 2 atom stereocenters. The second-order valence-electron chi connectivity index (χ2n) is 9.09. The number of carbonyl (C=O) groups excluding carboxylic acids is 4. The number of aryl methyl sites for hydroxylation is 1. The topological polar surface area (TPSA) is 140 Å². The smallest absolute Gasteiger partial charge is 0.379 e. The number of aliphatic imine (C=N–C) groups is 1. The summed E-state index contributed by atoms with van der Waals surface area (Å²) in [6, 6.07) is 4.23. The molecule has 38 heavy (non-hydrogen) atoms. The van der Waals surface area contributed by atoms with Crippen LogP contribution in [-0.4, -0.2) is 71.5 Å². The standard InChI is InChI=1S/C28H27N3O7/c1-6-37-26-12(3)20(30-13(26)4)18-19-21(31-22(27(19)36-5)25(34)24(18)33)14-8-9-17-15(10-14)16(11-29-17)23(32)28(35)38-7-2/h8-11,22,27,29-30H,6-7H2,1-5H3. The fraction of sp³-hybridized carbons (Fsp3) is 0.321. The number of ether oxygens (including phenoxy) is 3. The van der Waals surface area contributed by atoms with Gasteiger partial charge in [0.25, 0.3) is 5.78 Å². The highest BCUT2D eigenvalue weighted by atomic mass is 16.5. The third-order valence-electron chi connectivity index (χ3n) is 6.91. The molecule has 1 aliphatic heterocycles. The van der Waals surface area contributed by atoms with Gasteiger partial charge in [0, 0.05) is 40.9 Å². The zero-order valence-electron chi connectivity index (χ0n) is 21.7. The van der Waals surface area contributed by atoms with Crippen molar-refractivity contribution in [1.29, 1.82) is 0 Å². The molecule has 0 spiro atoms. The molecule has 0 fully saturated rings. The first-order chi connectivity index (χ1) is 18.2. The van der Waals surface area contributed by atoms with Crippen LogP contribution in [0.2, 0.25) is 0 Å². The second kappa shape index (κ2) is 9.53. The van der Waals surface area contributed by atoms with E-state index in [1.54, 1.807) is 25.1 Å². The highest BCUT2D eigenvalue weighted by Crippen LogP contribution is 2.42. The van der Waals surface area contributed by atoms with E-state index in [4.69, 9.17) is 14.2 Å². The van der Waals surface area contributed by atoms with E-state index in [1.807, 2.05) is 20.8 Å². The van der Waals surface area contributed by atoms with Crippen molar-refractivity contribution >= 4 is 45.5 Å². The lowest BCUT2D eigenvalue weighted by Gasteiger charge is -2.24. The molecule has 0 amide bonds. The molecule has 1 aliphatic carbocycles. The van der Waals surface area contributed by atoms with E-state index in [2.05, 4.69) is 15.0 Å². The van der Waals surface area contributed by atoms with Crippen molar-refractivity contribution in [3.8, 4) is 5.75 Å². The Bertz CT molecular complexity index is 1590. The fourth-order valence-corrected chi connectivity index (χ4v) is 5.24. The number of H-pyrrole nitrogens is 2. The summed E-state index contributed by atoms with van der Waals surface area (Å²) in [7, 11) is 1.47. The van der Waals surface area contributed by atoms with Crippen molar-refractivity contribution in [3.63, 3.8) is 0 Å². The molecule has 196 valence electrons. The van der Waals surface area contributed by atoms with Crippen molar-refractivity contribution in [2.75, 3.05) is 20.3 Å². The van der Waals surface area contributed by atoms with Gasteiger partial charge in [0.2, 0.25) is 11.6 Å². The molecule has 3 aromatic rings. The van der Waals surface area contributed by atoms with Crippen molar-refractivity contribution in [2.24, 2.45) is 4.99 Å². The van der Waals surface area contributed by atoms with Crippen LogP contribution in [0.4, 0.5) is 0 Å². The zero-order valence-corrected chi connectivity index (χ0v) is 21.7. The number of hydrogen-bond acceptors (Lipinski definition) is 8. The molecule has 10 nitrogen and oxygen atoms in total. The van der Waals surface area contributed by atoms with Crippen LogP contribution in [0, 0.1) is 13.8 Å². The Morgan fingerprint density at radius 2 is 1.87 bits per heavy atom. The molecule has 2 aliphatic rings. The van der Waals surface area contributed by atoms with Gasteiger partial charge >= 0.3 is 5.97 Å². The molecule has 10 heteroatoms. The first-order valence-corrected chi connectivity index (χ1v) is 12.3. The third kappa shape index (κ3) is 3.71. The minimum absolute atomic E-state index is 0.0798. The number of nitrogens with one attached hydrogen (secondary N) is 2. The first-order valence-electron chi connectivity index (χ1n) is 12.3. The van der Waals surface area contributed by atoms with E-state index in [9.17, 15) is 19.2 Å². The molecular formula is C28H27N3O7. The van der Waals surface area contributed by atoms with Crippen LogP contribution in [0.3, 0.4) is 0 Å². The Morgan fingerprint density at radius 1 is 1.11 bits per heavy atom. The average molecular weight is 518 g/mol. The Balaban J connectivity index is 1.70. The number of ketones is 3. The van der Waals surface area contributed by atoms with Crippen molar-refractivity contribution in [3.05, 3.63) is 58.0 Å². The summed E-state index contributed by atoms with van der Waals surface area (Å²) in [5.41, 5.74) is 4.37. The van der Waals surface area contributed by atoms with Crippen LogP contribution in [0.1, 0.15) is 46.7 Å². The molecule has 0 saturated heterocycles. The number of fused-ring (bicyclic) bond motifs is 3. The minimum Gasteiger partial charge on any atom is -0.492 e. The molecular weight excluding hydrogens is 490 g/mol. The van der Waals surface area contributed by atoms with Gasteiger partial charge < -0.3 is 24.2 Å². The van der Waals surface area contributed by atoms with Gasteiger partial charge in [0.15, 0.2) is 0 Å². The number of methoxy groups -OCH3 is 1. The lowest BCUT2D eigenvalue weighted by molar-refractivity contribution is -0.137. The van der Waals surface area contributed by atoms with Crippen molar-refractivity contribution in [1.82, 2.24) is 9.97 Å². The van der Waals surface area contributed by atoms with Crippen molar-refractivity contribution < 1.29 is 33.4 Å². The highest BCUT2D eigenvalue weighted by molar-refractivity contribution is 6.59. The quantitative estimate of drug-likeness (QED) is 0.266. The number of carbonyl (C=O) groups is 4. The van der Waals surface area contributed by atoms with E-state index >= 15 is 0 Å². The number of Topliss-reactive ketones (excluding diaryl/α,β-unsaturated/α-hetero) is 3. The van der Waals surface area contributed by atoms with E-state index in [0.29, 0.717) is 51.4 Å². The Morgan fingerprint density at radius 3 is 2.55 bits per heavy atom. The summed E-state index contributed by atoms with van der Waals surface area (Å²) >= 11 is 0. The van der Waals surface area contributed by atoms with E-state index in [-0.39, 0.29) is 17.7 Å². The molecule has 3 heterocycles. The molecule has 2 aromatic heterocycles. The van der Waals surface area contributed by atoms with Gasteiger partial charge in [0.05, 0.1) is 41.4 Å². The van der Waals surface area contributed by atoms with Crippen LogP contribution in [0.5, 0.6) is 5.75 Å². The van der Waals surface area contributed by atoms with E-state index in [1.165, 1.54) is 13.3 Å². The van der Waals surface area contributed by atoms with Crippen LogP contribution in [0.25, 0.3) is 16.5 Å². The maximum Gasteiger partial charge on any atom is 0.379 e. The number of nitrogens with zero attached hydrogens (tertiary/aromatic N) is 1. The number of esters is 1. The van der Waals surface area contributed by atoms with Crippen LogP contribution < -0.4 is 4.74 Å². The normalized spacial score (nSPS) is 18.8. The number of rotatable bonds is 8. The van der Waals surface area contributed by atoms with Gasteiger partial charge in [-0.05, 0) is 39.8 Å². The Kier molecular flexibility index (Phi) is 6.36. The van der Waals surface area contributed by atoms with E-state index < -0.39 is 35.5 Å². The van der Waals surface area contributed by atoms with Gasteiger partial charge in [-0.1, -0.05) is 6.07 Å². The van der Waals surface area contributed by atoms with Gasteiger partial charge in [-0.15, -0.1) is 0 Å². The Hall–Kier alpha value is -4.31. The summed E-state index contributed by atoms with van der Waals surface area (Å²) in [6.07, 6.45) is 0.699. The summed E-state index contributed by atoms with van der Waals surface area (Å²) in [6.45, 7) is 7.68.